The molecule has 0 unspecified atom stereocenters. The van der Waals surface area contributed by atoms with Crippen LogP contribution in [0.4, 0.5) is 0 Å². The lowest BCUT2D eigenvalue weighted by atomic mass is 10.1. The third kappa shape index (κ3) is 5.40. The molecule has 34 heavy (non-hydrogen) atoms. The van der Waals surface area contributed by atoms with Gasteiger partial charge >= 0.3 is 0 Å². The highest BCUT2D eigenvalue weighted by atomic mass is 32.2. The molecule has 4 aromatic rings. The first kappa shape index (κ1) is 22.8. The summed E-state index contributed by atoms with van der Waals surface area (Å²) in [6, 6.07) is 14.1. The van der Waals surface area contributed by atoms with Crippen LogP contribution < -0.4 is 5.32 Å². The van der Waals surface area contributed by atoms with E-state index in [0.29, 0.717) is 23.9 Å². The van der Waals surface area contributed by atoms with Gasteiger partial charge in [0.1, 0.15) is 6.26 Å². The summed E-state index contributed by atoms with van der Waals surface area (Å²) in [5.41, 5.74) is 1.29. The number of hydrogen-bond acceptors (Lipinski definition) is 8. The number of amides is 1. The monoisotopic (exact) mass is 494 g/mol. The van der Waals surface area contributed by atoms with Gasteiger partial charge in [-0.2, -0.15) is 0 Å². The summed E-state index contributed by atoms with van der Waals surface area (Å²) in [6.07, 6.45) is 5.21. The third-order valence-corrected chi connectivity index (χ3v) is 7.44. The van der Waals surface area contributed by atoms with E-state index in [9.17, 15) is 4.79 Å². The average molecular weight is 495 g/mol. The first-order valence-electron chi connectivity index (χ1n) is 11.4. The fourth-order valence-corrected chi connectivity index (χ4v) is 5.45. The molecule has 4 heterocycles. The summed E-state index contributed by atoms with van der Waals surface area (Å²) in [7, 11) is 0. The number of carbonyl (C=O) groups is 1. The number of thiophene rings is 1. The lowest BCUT2D eigenvalue weighted by molar-refractivity contribution is 0.0941. The molecule has 0 bridgehead atoms. The van der Waals surface area contributed by atoms with Crippen LogP contribution in [0.1, 0.15) is 35.6 Å². The molecule has 10 heteroatoms. The first-order chi connectivity index (χ1) is 16.8. The van der Waals surface area contributed by atoms with E-state index in [0.717, 1.165) is 41.2 Å². The van der Waals surface area contributed by atoms with E-state index in [2.05, 4.69) is 25.4 Å². The summed E-state index contributed by atoms with van der Waals surface area (Å²) in [5, 5.41) is 14.6. The van der Waals surface area contributed by atoms with Crippen LogP contribution in [0.2, 0.25) is 0 Å². The summed E-state index contributed by atoms with van der Waals surface area (Å²) < 4.78 is 7.61. The van der Waals surface area contributed by atoms with Crippen molar-refractivity contribution in [2.24, 2.45) is 0 Å². The Morgan fingerprint density at radius 1 is 1.09 bits per heavy atom. The van der Waals surface area contributed by atoms with E-state index in [1.54, 1.807) is 11.3 Å². The SMILES string of the molecule is O=C(NCCN1CCCCC1)c1coc(CSc2nnc(-c3cccs3)n2-c2ccccc2)n1. The van der Waals surface area contributed by atoms with Gasteiger partial charge in [0.15, 0.2) is 16.7 Å². The fourth-order valence-electron chi connectivity index (χ4n) is 3.95. The van der Waals surface area contributed by atoms with Crippen LogP contribution >= 0.6 is 23.1 Å². The van der Waals surface area contributed by atoms with E-state index in [1.165, 1.54) is 37.3 Å². The summed E-state index contributed by atoms with van der Waals surface area (Å²) in [6.45, 7) is 3.71. The molecular weight excluding hydrogens is 468 g/mol. The van der Waals surface area contributed by atoms with Crippen molar-refractivity contribution in [3.05, 3.63) is 65.7 Å². The van der Waals surface area contributed by atoms with Gasteiger partial charge in [-0.3, -0.25) is 9.36 Å². The lowest BCUT2D eigenvalue weighted by Gasteiger charge is -2.26. The maximum Gasteiger partial charge on any atom is 0.273 e. The molecule has 8 nitrogen and oxygen atoms in total. The van der Waals surface area contributed by atoms with Gasteiger partial charge < -0.3 is 14.6 Å². The molecule has 5 rings (SSSR count). The van der Waals surface area contributed by atoms with Gasteiger partial charge in [0.2, 0.25) is 5.89 Å². The molecule has 0 atom stereocenters. The van der Waals surface area contributed by atoms with E-state index in [1.807, 2.05) is 52.4 Å². The number of nitrogens with zero attached hydrogens (tertiary/aromatic N) is 5. The Labute approximate surface area is 206 Å². The predicted octanol–water partition coefficient (Wildman–Crippen LogP) is 4.49. The molecule has 0 saturated carbocycles. The summed E-state index contributed by atoms with van der Waals surface area (Å²) in [4.78, 5) is 20.3. The Kier molecular flexibility index (Phi) is 7.37. The zero-order valence-electron chi connectivity index (χ0n) is 18.7. The van der Waals surface area contributed by atoms with Crippen LogP contribution in [0.5, 0.6) is 0 Å². The Morgan fingerprint density at radius 2 is 1.94 bits per heavy atom. The number of nitrogens with one attached hydrogen (secondary N) is 1. The van der Waals surface area contributed by atoms with Crippen molar-refractivity contribution < 1.29 is 9.21 Å². The number of rotatable bonds is 9. The molecule has 1 saturated heterocycles. The number of likely N-dealkylation sites (tertiary alicyclic amines) is 1. The third-order valence-electron chi connectivity index (χ3n) is 5.66. The minimum atomic E-state index is -0.204. The van der Waals surface area contributed by atoms with Crippen molar-refractivity contribution in [1.82, 2.24) is 30.0 Å². The predicted molar refractivity (Wildman–Crippen MR) is 133 cm³/mol. The zero-order valence-corrected chi connectivity index (χ0v) is 20.4. The van der Waals surface area contributed by atoms with Gasteiger partial charge in [-0.15, -0.1) is 21.5 Å². The highest BCUT2D eigenvalue weighted by molar-refractivity contribution is 7.98. The number of oxazole rings is 1. The first-order valence-corrected chi connectivity index (χ1v) is 13.3. The van der Waals surface area contributed by atoms with Gasteiger partial charge in [0.25, 0.3) is 5.91 Å². The number of aromatic nitrogens is 4. The quantitative estimate of drug-likeness (QED) is 0.343. The molecule has 0 radical (unpaired) electrons. The van der Waals surface area contributed by atoms with E-state index in [4.69, 9.17) is 4.42 Å². The molecule has 0 aliphatic carbocycles. The van der Waals surface area contributed by atoms with Gasteiger partial charge in [0, 0.05) is 18.8 Å². The Hall–Kier alpha value is -2.95. The molecule has 1 aliphatic rings. The standard InChI is InChI=1S/C24H26N6O2S2/c31-23(25-11-14-29-12-5-2-6-13-29)19-16-32-21(26-19)17-34-24-28-27-22(20-10-7-15-33-20)30(24)18-8-3-1-4-9-18/h1,3-4,7-10,15-16H,2,5-6,11-14,17H2,(H,25,31). The summed E-state index contributed by atoms with van der Waals surface area (Å²) in [5.74, 6) is 1.51. The minimum absolute atomic E-state index is 0.204. The van der Waals surface area contributed by atoms with Gasteiger partial charge in [0.05, 0.1) is 10.6 Å². The van der Waals surface area contributed by atoms with Crippen LogP contribution in [0.15, 0.2) is 63.7 Å². The molecule has 1 aromatic carbocycles. The number of benzene rings is 1. The highest BCUT2D eigenvalue weighted by Crippen LogP contribution is 2.31. The van der Waals surface area contributed by atoms with Gasteiger partial charge in [-0.05, 0) is 49.5 Å². The van der Waals surface area contributed by atoms with Crippen molar-refractivity contribution in [3.8, 4) is 16.4 Å². The second-order valence-corrected chi connectivity index (χ2v) is 9.92. The number of carbonyl (C=O) groups excluding carboxylic acids is 1. The van der Waals surface area contributed by atoms with Crippen molar-refractivity contribution in [2.75, 3.05) is 26.2 Å². The van der Waals surface area contributed by atoms with E-state index in [-0.39, 0.29) is 5.91 Å². The Balaban J connectivity index is 1.22. The number of thioether (sulfide) groups is 1. The molecule has 1 amide bonds. The molecule has 1 N–H and O–H groups in total. The average Bonchev–Trinajstić information content (AvgIpc) is 3.65. The van der Waals surface area contributed by atoms with Crippen molar-refractivity contribution in [3.63, 3.8) is 0 Å². The largest absolute Gasteiger partial charge is 0.447 e. The van der Waals surface area contributed by atoms with Gasteiger partial charge in [-0.25, -0.2) is 4.98 Å². The zero-order chi connectivity index (χ0) is 23.2. The van der Waals surface area contributed by atoms with E-state index < -0.39 is 0 Å². The highest BCUT2D eigenvalue weighted by Gasteiger charge is 2.19. The Morgan fingerprint density at radius 3 is 2.74 bits per heavy atom. The molecule has 1 aliphatic heterocycles. The second-order valence-electron chi connectivity index (χ2n) is 8.03. The van der Waals surface area contributed by atoms with Crippen LogP contribution in [-0.4, -0.2) is 56.7 Å². The van der Waals surface area contributed by atoms with Crippen molar-refractivity contribution >= 4 is 29.0 Å². The topological polar surface area (TPSA) is 89.1 Å². The van der Waals surface area contributed by atoms with Crippen LogP contribution in [0.3, 0.4) is 0 Å². The fraction of sp³-hybridized carbons (Fsp3) is 0.333. The minimum Gasteiger partial charge on any atom is -0.447 e. The molecule has 3 aromatic heterocycles. The van der Waals surface area contributed by atoms with Crippen molar-refractivity contribution in [2.45, 2.75) is 30.2 Å². The van der Waals surface area contributed by atoms with Gasteiger partial charge in [-0.1, -0.05) is 42.4 Å². The number of hydrogen-bond donors (Lipinski definition) is 1. The summed E-state index contributed by atoms with van der Waals surface area (Å²) >= 11 is 3.10. The van der Waals surface area contributed by atoms with Crippen LogP contribution in [0, 0.1) is 0 Å². The lowest BCUT2D eigenvalue weighted by Crippen LogP contribution is -2.37. The van der Waals surface area contributed by atoms with E-state index >= 15 is 0 Å². The molecule has 176 valence electrons. The molecular formula is C24H26N6O2S2. The maximum absolute atomic E-state index is 12.5. The van der Waals surface area contributed by atoms with Crippen LogP contribution in [-0.2, 0) is 5.75 Å². The molecule has 0 spiro atoms. The number of piperidine rings is 1. The Bertz CT molecular complexity index is 1200. The smallest absolute Gasteiger partial charge is 0.273 e. The van der Waals surface area contributed by atoms with Crippen LogP contribution in [0.25, 0.3) is 16.4 Å². The number of para-hydroxylation sites is 1. The normalized spacial score (nSPS) is 14.4. The second kappa shape index (κ2) is 11.0. The maximum atomic E-state index is 12.5. The van der Waals surface area contributed by atoms with Crippen molar-refractivity contribution in [1.29, 1.82) is 0 Å². The molecule has 1 fully saturated rings.